The van der Waals surface area contributed by atoms with Crippen molar-refractivity contribution in [2.45, 2.75) is 6.92 Å². The highest BCUT2D eigenvalue weighted by molar-refractivity contribution is 5.80. The van der Waals surface area contributed by atoms with Crippen molar-refractivity contribution in [2.75, 3.05) is 14.1 Å². The number of hydrogen-bond acceptors (Lipinski definition) is 1. The van der Waals surface area contributed by atoms with Gasteiger partial charge in [0.05, 0.1) is 5.92 Å². The fourth-order valence-electron chi connectivity index (χ4n) is 0.449. The van der Waals surface area contributed by atoms with Gasteiger partial charge >= 0.3 is 0 Å². The summed E-state index contributed by atoms with van der Waals surface area (Å²) in [5.41, 5.74) is 0. The number of hydrogen-bond donors (Lipinski definition) is 0. The molecule has 0 bridgehead atoms. The van der Waals surface area contributed by atoms with Crippen LogP contribution in [-0.4, -0.2) is 24.9 Å². The molecule has 0 rings (SSSR count). The molecule has 0 aromatic rings. The molecular formula is C7H10NO. The molecule has 0 aliphatic heterocycles. The lowest BCUT2D eigenvalue weighted by molar-refractivity contribution is -0.130. The Labute approximate surface area is 55.8 Å². The topological polar surface area (TPSA) is 20.3 Å². The van der Waals surface area contributed by atoms with E-state index in [1.54, 1.807) is 21.0 Å². The van der Waals surface area contributed by atoms with Crippen LogP contribution in [0, 0.1) is 18.3 Å². The largest absolute Gasteiger partial charge is 0.348 e. The van der Waals surface area contributed by atoms with Crippen LogP contribution in [0.25, 0.3) is 0 Å². The van der Waals surface area contributed by atoms with E-state index in [0.29, 0.717) is 0 Å². The molecule has 0 N–H and O–H groups in total. The van der Waals surface area contributed by atoms with Crippen molar-refractivity contribution in [3.63, 3.8) is 0 Å². The van der Waals surface area contributed by atoms with Crippen LogP contribution in [0.2, 0.25) is 0 Å². The Kier molecular flexibility index (Phi) is 2.80. The van der Waals surface area contributed by atoms with Crippen molar-refractivity contribution >= 4 is 5.91 Å². The molecule has 0 aromatic carbocycles. The van der Waals surface area contributed by atoms with Crippen LogP contribution in [0.15, 0.2) is 0 Å². The number of carbonyl (C=O) groups excluding carboxylic acids is 1. The maximum atomic E-state index is 10.8. The van der Waals surface area contributed by atoms with Gasteiger partial charge in [0.25, 0.3) is 0 Å². The summed E-state index contributed by atoms with van der Waals surface area (Å²) in [4.78, 5) is 12.3. The van der Waals surface area contributed by atoms with E-state index in [1.165, 1.54) is 4.90 Å². The van der Waals surface area contributed by atoms with Gasteiger partial charge in [0.15, 0.2) is 0 Å². The molecule has 49 valence electrons. The molecule has 2 heteroatoms. The predicted molar refractivity (Wildman–Crippen MR) is 35.0 cm³/mol. The second kappa shape index (κ2) is 3.13. The fraction of sp³-hybridized carbons (Fsp3) is 0.571. The third-order valence-corrected chi connectivity index (χ3v) is 1.03. The van der Waals surface area contributed by atoms with Crippen LogP contribution >= 0.6 is 0 Å². The molecule has 1 atom stereocenters. The molecule has 0 fully saturated rings. The molecule has 0 aliphatic rings. The first-order valence-corrected chi connectivity index (χ1v) is 2.73. The molecule has 9 heavy (non-hydrogen) atoms. The quantitative estimate of drug-likeness (QED) is 0.460. The smallest absolute Gasteiger partial charge is 0.236 e. The Balaban J connectivity index is 3.92. The fourth-order valence-corrected chi connectivity index (χ4v) is 0.449. The summed E-state index contributed by atoms with van der Waals surface area (Å²) in [7, 11) is 3.33. The van der Waals surface area contributed by atoms with Crippen LogP contribution in [0.4, 0.5) is 0 Å². The van der Waals surface area contributed by atoms with Gasteiger partial charge in [-0.1, -0.05) is 5.92 Å². The maximum absolute atomic E-state index is 10.8. The van der Waals surface area contributed by atoms with E-state index in [4.69, 9.17) is 6.42 Å². The van der Waals surface area contributed by atoms with E-state index in [0.717, 1.165) is 0 Å². The van der Waals surface area contributed by atoms with Gasteiger partial charge in [-0.15, -0.1) is 0 Å². The van der Waals surface area contributed by atoms with E-state index in [1.807, 2.05) is 0 Å². The lowest BCUT2D eigenvalue weighted by atomic mass is 10.2. The first-order valence-electron chi connectivity index (χ1n) is 2.73. The highest BCUT2D eigenvalue weighted by Gasteiger charge is 2.10. The lowest BCUT2D eigenvalue weighted by Crippen LogP contribution is -2.26. The van der Waals surface area contributed by atoms with Crippen molar-refractivity contribution in [3.05, 3.63) is 6.42 Å². The molecule has 0 aliphatic carbocycles. The van der Waals surface area contributed by atoms with E-state index in [2.05, 4.69) is 5.92 Å². The van der Waals surface area contributed by atoms with E-state index < -0.39 is 5.92 Å². The molecular weight excluding hydrogens is 114 g/mol. The molecule has 1 amide bonds. The minimum Gasteiger partial charge on any atom is -0.348 e. The molecule has 0 aromatic heterocycles. The first kappa shape index (κ1) is 8.03. The molecule has 0 saturated heterocycles. The normalized spacial score (nSPS) is 11.8. The summed E-state index contributed by atoms with van der Waals surface area (Å²) in [6.45, 7) is 1.65. The zero-order chi connectivity index (χ0) is 7.44. The summed E-state index contributed by atoms with van der Waals surface area (Å²) in [5.74, 6) is 1.62. The molecule has 0 spiro atoms. The van der Waals surface area contributed by atoms with Crippen LogP contribution in [0.5, 0.6) is 0 Å². The molecule has 0 saturated carbocycles. The predicted octanol–water partition coefficient (Wildman–Crippen LogP) is 0.300. The molecule has 0 heterocycles. The highest BCUT2D eigenvalue weighted by Crippen LogP contribution is 1.94. The van der Waals surface area contributed by atoms with Gasteiger partial charge in [-0.3, -0.25) is 4.79 Å². The Morgan fingerprint density at radius 1 is 1.67 bits per heavy atom. The first-order chi connectivity index (χ1) is 4.09. The van der Waals surface area contributed by atoms with Crippen molar-refractivity contribution in [1.29, 1.82) is 0 Å². The van der Waals surface area contributed by atoms with Crippen LogP contribution in [0.3, 0.4) is 0 Å². The zero-order valence-electron chi connectivity index (χ0n) is 5.93. The SMILES string of the molecule is [C]#CC(C)C(=O)N(C)C. The van der Waals surface area contributed by atoms with E-state index in [-0.39, 0.29) is 5.91 Å². The van der Waals surface area contributed by atoms with Gasteiger partial charge < -0.3 is 4.90 Å². The van der Waals surface area contributed by atoms with Gasteiger partial charge in [0, 0.05) is 14.1 Å². The van der Waals surface area contributed by atoms with Gasteiger partial charge in [-0.2, -0.15) is 0 Å². The molecule has 1 radical (unpaired) electrons. The van der Waals surface area contributed by atoms with E-state index >= 15 is 0 Å². The van der Waals surface area contributed by atoms with Crippen molar-refractivity contribution < 1.29 is 4.79 Å². The number of rotatable bonds is 1. The Bertz CT molecular complexity index is 143. The number of amides is 1. The van der Waals surface area contributed by atoms with E-state index in [9.17, 15) is 4.79 Å². The monoisotopic (exact) mass is 124 g/mol. The summed E-state index contributed by atoms with van der Waals surface area (Å²) in [6, 6.07) is 0. The average molecular weight is 124 g/mol. The summed E-state index contributed by atoms with van der Waals surface area (Å²) in [5, 5.41) is 0. The van der Waals surface area contributed by atoms with Gasteiger partial charge in [0.1, 0.15) is 0 Å². The molecule has 1 unspecified atom stereocenters. The third kappa shape index (κ3) is 2.18. The van der Waals surface area contributed by atoms with Gasteiger partial charge in [0.2, 0.25) is 5.91 Å². The lowest BCUT2D eigenvalue weighted by Gasteiger charge is -2.11. The van der Waals surface area contributed by atoms with Gasteiger partial charge in [-0.25, -0.2) is 0 Å². The second-order valence-corrected chi connectivity index (χ2v) is 2.10. The highest BCUT2D eigenvalue weighted by atomic mass is 16.2. The third-order valence-electron chi connectivity index (χ3n) is 1.03. The zero-order valence-corrected chi connectivity index (χ0v) is 5.93. The maximum Gasteiger partial charge on any atom is 0.236 e. The molecule has 2 nitrogen and oxygen atoms in total. The summed E-state index contributed by atoms with van der Waals surface area (Å²) in [6.07, 6.45) is 6.63. The average Bonchev–Trinajstić information content (AvgIpc) is 1.84. The van der Waals surface area contributed by atoms with Crippen LogP contribution < -0.4 is 0 Å². The standard InChI is InChI=1S/C7H10NO/c1-5-6(2)7(9)8(3)4/h6H,2-4H3. The van der Waals surface area contributed by atoms with Crippen LogP contribution in [-0.2, 0) is 4.79 Å². The summed E-state index contributed by atoms with van der Waals surface area (Å²) >= 11 is 0. The van der Waals surface area contributed by atoms with Crippen molar-refractivity contribution in [3.8, 4) is 5.92 Å². The minimum absolute atomic E-state index is 0.0787. The number of carbonyl (C=O) groups is 1. The van der Waals surface area contributed by atoms with Crippen LogP contribution in [0.1, 0.15) is 6.92 Å². The van der Waals surface area contributed by atoms with Crippen molar-refractivity contribution in [2.24, 2.45) is 5.92 Å². The number of nitrogens with zero attached hydrogens (tertiary/aromatic N) is 1. The second-order valence-electron chi connectivity index (χ2n) is 2.10. The minimum atomic E-state index is -0.403. The Morgan fingerprint density at radius 3 is 2.22 bits per heavy atom. The Hall–Kier alpha value is -0.970. The van der Waals surface area contributed by atoms with Gasteiger partial charge in [-0.05, 0) is 13.3 Å². The van der Waals surface area contributed by atoms with Crippen molar-refractivity contribution in [1.82, 2.24) is 4.90 Å². The Morgan fingerprint density at radius 2 is 2.11 bits per heavy atom. The summed E-state index contributed by atoms with van der Waals surface area (Å²) < 4.78 is 0.